The average molecular weight is 292 g/mol. The lowest BCUT2D eigenvalue weighted by Crippen LogP contribution is -2.31. The minimum absolute atomic E-state index is 0.138. The van der Waals surface area contributed by atoms with Crippen LogP contribution in [0.1, 0.15) is 32.9 Å². The molecule has 0 aliphatic heterocycles. The fourth-order valence-corrected chi connectivity index (χ4v) is 2.66. The van der Waals surface area contributed by atoms with Crippen molar-refractivity contribution in [2.24, 2.45) is 7.05 Å². The Balaban J connectivity index is 2.24. The van der Waals surface area contributed by atoms with E-state index >= 15 is 0 Å². The molecule has 7 heteroatoms. The number of aromatic nitrogens is 4. The van der Waals surface area contributed by atoms with Crippen molar-refractivity contribution in [2.45, 2.75) is 40.2 Å². The van der Waals surface area contributed by atoms with Gasteiger partial charge in [-0.2, -0.15) is 5.10 Å². The molecule has 21 heavy (non-hydrogen) atoms. The molecule has 1 amide bonds. The molecule has 0 radical (unpaired) electrons. The van der Waals surface area contributed by atoms with Crippen LogP contribution in [0, 0.1) is 0 Å². The molecule has 116 valence electrons. The topological polar surface area (TPSA) is 82.0 Å². The minimum Gasteiger partial charge on any atom is -0.369 e. The zero-order chi connectivity index (χ0) is 15.6. The second-order valence-electron chi connectivity index (χ2n) is 5.03. The van der Waals surface area contributed by atoms with Gasteiger partial charge in [-0.3, -0.25) is 14.0 Å². The zero-order valence-corrected chi connectivity index (χ0v) is 13.3. The normalized spacial score (nSPS) is 11.2. The van der Waals surface area contributed by atoms with Gasteiger partial charge >= 0.3 is 0 Å². The number of nitrogens with two attached hydrogens (primary N) is 1. The van der Waals surface area contributed by atoms with Crippen LogP contribution in [0.4, 0.5) is 5.95 Å². The average Bonchev–Trinajstić information content (AvgIpc) is 2.95. The van der Waals surface area contributed by atoms with E-state index in [1.54, 1.807) is 4.68 Å². The number of carbonyl (C=O) groups excluding carboxylic acids is 1. The summed E-state index contributed by atoms with van der Waals surface area (Å²) in [5.41, 5.74) is 8.67. The third kappa shape index (κ3) is 2.72. The highest BCUT2D eigenvalue weighted by Gasteiger charge is 2.18. The molecule has 0 aliphatic rings. The number of hydrogen-bond donors (Lipinski definition) is 1. The Morgan fingerprint density at radius 3 is 2.52 bits per heavy atom. The summed E-state index contributed by atoms with van der Waals surface area (Å²) in [6.07, 6.45) is 1.23. The van der Waals surface area contributed by atoms with E-state index in [0.29, 0.717) is 18.9 Å². The van der Waals surface area contributed by atoms with E-state index in [-0.39, 0.29) is 5.91 Å². The van der Waals surface area contributed by atoms with Crippen LogP contribution in [0.3, 0.4) is 0 Å². The number of anilines is 1. The third-order valence-electron chi connectivity index (χ3n) is 3.82. The molecule has 2 aromatic heterocycles. The monoisotopic (exact) mass is 292 g/mol. The Morgan fingerprint density at radius 1 is 1.29 bits per heavy atom. The van der Waals surface area contributed by atoms with Gasteiger partial charge in [0.1, 0.15) is 5.52 Å². The van der Waals surface area contributed by atoms with Gasteiger partial charge in [0.2, 0.25) is 11.9 Å². The number of aryl methyl sites for hydroxylation is 3. The third-order valence-corrected chi connectivity index (χ3v) is 3.82. The Bertz CT molecular complexity index is 637. The van der Waals surface area contributed by atoms with Crippen molar-refractivity contribution in [1.29, 1.82) is 0 Å². The molecular weight excluding hydrogens is 268 g/mol. The number of carbonyl (C=O) groups is 1. The number of imidazole rings is 1. The first-order valence-electron chi connectivity index (χ1n) is 7.48. The van der Waals surface area contributed by atoms with Crippen LogP contribution in [-0.4, -0.2) is 43.2 Å². The van der Waals surface area contributed by atoms with E-state index < -0.39 is 0 Å². The number of rotatable bonds is 6. The van der Waals surface area contributed by atoms with Crippen molar-refractivity contribution in [3.63, 3.8) is 0 Å². The summed E-state index contributed by atoms with van der Waals surface area (Å²) in [6.45, 7) is 8.01. The van der Waals surface area contributed by atoms with Crippen LogP contribution in [-0.2, 0) is 24.8 Å². The molecule has 0 spiro atoms. The number of hydrogen-bond acceptors (Lipinski definition) is 4. The molecular formula is C14H24N6O. The summed E-state index contributed by atoms with van der Waals surface area (Å²) in [6, 6.07) is 0. The molecule has 0 atom stereocenters. The van der Waals surface area contributed by atoms with Gasteiger partial charge in [-0.05, 0) is 20.3 Å². The second kappa shape index (κ2) is 6.15. The van der Waals surface area contributed by atoms with Gasteiger partial charge < -0.3 is 10.6 Å². The molecule has 2 rings (SSSR count). The van der Waals surface area contributed by atoms with Crippen molar-refractivity contribution in [3.05, 3.63) is 5.69 Å². The maximum Gasteiger partial charge on any atom is 0.224 e. The number of nitrogen functional groups attached to an aromatic ring is 1. The van der Waals surface area contributed by atoms with Crippen LogP contribution >= 0.6 is 0 Å². The molecule has 0 aliphatic carbocycles. The molecule has 0 saturated heterocycles. The maximum atomic E-state index is 12.1. The Labute approximate surface area is 124 Å². The summed E-state index contributed by atoms with van der Waals surface area (Å²) in [7, 11) is 1.88. The molecule has 2 heterocycles. The van der Waals surface area contributed by atoms with Crippen LogP contribution in [0.2, 0.25) is 0 Å². The van der Waals surface area contributed by atoms with E-state index in [1.807, 2.05) is 37.3 Å². The zero-order valence-electron chi connectivity index (χ0n) is 13.3. The largest absolute Gasteiger partial charge is 0.369 e. The molecule has 0 saturated carbocycles. The first-order chi connectivity index (χ1) is 10.0. The highest BCUT2D eigenvalue weighted by molar-refractivity contribution is 5.79. The number of nitrogens with zero attached hydrogens (tertiary/aromatic N) is 5. The SMILES string of the molecule is CCc1nn(C)c2c1nc(N)n2CCC(=O)N(CC)CC. The van der Waals surface area contributed by atoms with Crippen molar-refractivity contribution in [3.8, 4) is 0 Å². The smallest absolute Gasteiger partial charge is 0.224 e. The first kappa shape index (κ1) is 15.3. The standard InChI is InChI=1S/C14H24N6O/c1-5-10-12-13(18(4)17-10)20(14(15)16-12)9-8-11(21)19(6-2)7-3/h5-9H2,1-4H3,(H2,15,16). The number of fused-ring (bicyclic) bond motifs is 1. The molecule has 0 bridgehead atoms. The first-order valence-corrected chi connectivity index (χ1v) is 7.48. The van der Waals surface area contributed by atoms with E-state index in [2.05, 4.69) is 10.1 Å². The highest BCUT2D eigenvalue weighted by Crippen LogP contribution is 2.21. The lowest BCUT2D eigenvalue weighted by Gasteiger charge is -2.18. The summed E-state index contributed by atoms with van der Waals surface area (Å²) < 4.78 is 3.67. The van der Waals surface area contributed by atoms with Gasteiger partial charge in [0, 0.05) is 33.1 Å². The van der Waals surface area contributed by atoms with Gasteiger partial charge in [-0.1, -0.05) is 6.92 Å². The highest BCUT2D eigenvalue weighted by atomic mass is 16.2. The fraction of sp³-hybridized carbons (Fsp3) is 0.643. The van der Waals surface area contributed by atoms with Gasteiger partial charge in [0.15, 0.2) is 5.65 Å². The summed E-state index contributed by atoms with van der Waals surface area (Å²) in [5, 5.41) is 4.45. The molecule has 2 N–H and O–H groups in total. The maximum absolute atomic E-state index is 12.1. The quantitative estimate of drug-likeness (QED) is 0.866. The van der Waals surface area contributed by atoms with E-state index in [1.165, 1.54) is 0 Å². The van der Waals surface area contributed by atoms with Crippen molar-refractivity contribution in [1.82, 2.24) is 24.2 Å². The lowest BCUT2D eigenvalue weighted by molar-refractivity contribution is -0.131. The summed E-state index contributed by atoms with van der Waals surface area (Å²) in [5.74, 6) is 0.583. The van der Waals surface area contributed by atoms with Crippen LogP contribution in [0.5, 0.6) is 0 Å². The van der Waals surface area contributed by atoms with Gasteiger partial charge in [0.05, 0.1) is 5.69 Å². The fourth-order valence-electron chi connectivity index (χ4n) is 2.66. The Kier molecular flexibility index (Phi) is 4.50. The summed E-state index contributed by atoms with van der Waals surface area (Å²) in [4.78, 5) is 18.3. The molecule has 0 aromatic carbocycles. The molecule has 0 fully saturated rings. The molecule has 2 aromatic rings. The Morgan fingerprint density at radius 2 is 1.95 bits per heavy atom. The van der Waals surface area contributed by atoms with E-state index in [0.717, 1.165) is 36.4 Å². The van der Waals surface area contributed by atoms with Crippen LogP contribution < -0.4 is 5.73 Å². The molecule has 0 unspecified atom stereocenters. The number of amides is 1. The van der Waals surface area contributed by atoms with Crippen molar-refractivity contribution >= 4 is 23.0 Å². The van der Waals surface area contributed by atoms with Gasteiger partial charge in [0.25, 0.3) is 0 Å². The Hall–Kier alpha value is -2.05. The van der Waals surface area contributed by atoms with E-state index in [9.17, 15) is 4.79 Å². The predicted molar refractivity (Wildman–Crippen MR) is 82.8 cm³/mol. The van der Waals surface area contributed by atoms with Gasteiger partial charge in [-0.25, -0.2) is 4.98 Å². The van der Waals surface area contributed by atoms with Crippen LogP contribution in [0.25, 0.3) is 11.2 Å². The van der Waals surface area contributed by atoms with Crippen LogP contribution in [0.15, 0.2) is 0 Å². The van der Waals surface area contributed by atoms with Crippen molar-refractivity contribution < 1.29 is 4.79 Å². The minimum atomic E-state index is 0.138. The van der Waals surface area contributed by atoms with Gasteiger partial charge in [-0.15, -0.1) is 0 Å². The lowest BCUT2D eigenvalue weighted by atomic mass is 10.3. The van der Waals surface area contributed by atoms with E-state index in [4.69, 9.17) is 5.73 Å². The summed E-state index contributed by atoms with van der Waals surface area (Å²) >= 11 is 0. The molecule has 7 nitrogen and oxygen atoms in total. The predicted octanol–water partition coefficient (Wildman–Crippen LogP) is 1.17. The second-order valence-corrected chi connectivity index (χ2v) is 5.03. The van der Waals surface area contributed by atoms with Crippen molar-refractivity contribution in [2.75, 3.05) is 18.8 Å².